The van der Waals surface area contributed by atoms with E-state index in [1.807, 2.05) is 13.8 Å². The highest BCUT2D eigenvalue weighted by molar-refractivity contribution is 5.76. The van der Waals surface area contributed by atoms with Crippen molar-refractivity contribution in [3.63, 3.8) is 0 Å². The van der Waals surface area contributed by atoms with Crippen molar-refractivity contribution in [3.05, 3.63) is 29.8 Å². The Balaban J connectivity index is 2.41. The summed E-state index contributed by atoms with van der Waals surface area (Å²) in [5, 5.41) is 11.9. The highest BCUT2D eigenvalue weighted by Crippen LogP contribution is 2.13. The first-order valence-electron chi connectivity index (χ1n) is 5.53. The summed E-state index contributed by atoms with van der Waals surface area (Å²) >= 11 is 0. The minimum atomic E-state index is -0.445. The van der Waals surface area contributed by atoms with Gasteiger partial charge in [0.1, 0.15) is 5.75 Å². The Bertz CT molecular complexity index is 371. The van der Waals surface area contributed by atoms with Crippen LogP contribution in [0.5, 0.6) is 5.75 Å². The van der Waals surface area contributed by atoms with Gasteiger partial charge in [0.25, 0.3) is 0 Å². The third kappa shape index (κ3) is 4.87. The summed E-state index contributed by atoms with van der Waals surface area (Å²) in [4.78, 5) is 11.6. The van der Waals surface area contributed by atoms with Crippen LogP contribution >= 0.6 is 0 Å². The van der Waals surface area contributed by atoms with Gasteiger partial charge in [-0.3, -0.25) is 4.79 Å². The monoisotopic (exact) mass is 237 g/mol. The van der Waals surface area contributed by atoms with Crippen LogP contribution in [0.3, 0.4) is 0 Å². The number of carbonyl (C=O) groups is 1. The van der Waals surface area contributed by atoms with Gasteiger partial charge in [0.15, 0.2) is 0 Å². The maximum absolute atomic E-state index is 11.6. The maximum Gasteiger partial charge on any atom is 0.223 e. The van der Waals surface area contributed by atoms with Crippen LogP contribution in [-0.2, 0) is 16.1 Å². The van der Waals surface area contributed by atoms with Gasteiger partial charge >= 0.3 is 0 Å². The maximum atomic E-state index is 11.6. The molecule has 4 heteroatoms. The van der Waals surface area contributed by atoms with E-state index in [4.69, 9.17) is 9.84 Å². The molecule has 0 saturated heterocycles. The van der Waals surface area contributed by atoms with Crippen molar-refractivity contribution in [3.8, 4) is 5.75 Å². The van der Waals surface area contributed by atoms with E-state index < -0.39 is 5.60 Å². The molecule has 0 spiro atoms. The molecule has 17 heavy (non-hydrogen) atoms. The summed E-state index contributed by atoms with van der Waals surface area (Å²) in [5.74, 6) is 0.172. The Hall–Kier alpha value is -1.55. The fraction of sp³-hybridized carbons (Fsp3) is 0.462. The van der Waals surface area contributed by atoms with Gasteiger partial charge in [-0.1, -0.05) is 12.1 Å². The van der Waals surface area contributed by atoms with Crippen LogP contribution < -0.4 is 5.32 Å². The molecular weight excluding hydrogens is 218 g/mol. The quantitative estimate of drug-likeness (QED) is 0.821. The second-order valence-corrected chi connectivity index (χ2v) is 4.58. The first-order chi connectivity index (χ1) is 7.93. The number of benzene rings is 1. The van der Waals surface area contributed by atoms with Crippen molar-refractivity contribution >= 4 is 5.91 Å². The Labute approximate surface area is 102 Å². The van der Waals surface area contributed by atoms with Crippen LogP contribution in [-0.4, -0.2) is 23.7 Å². The van der Waals surface area contributed by atoms with E-state index in [1.165, 1.54) is 0 Å². The van der Waals surface area contributed by atoms with Gasteiger partial charge in [0, 0.05) is 13.7 Å². The molecule has 4 nitrogen and oxygen atoms in total. The number of rotatable bonds is 5. The lowest BCUT2D eigenvalue weighted by Crippen LogP contribution is -2.33. The minimum absolute atomic E-state index is 0.0510. The number of carbonyl (C=O) groups excluding carboxylic acids is 1. The van der Waals surface area contributed by atoms with Crippen molar-refractivity contribution in [2.24, 2.45) is 0 Å². The zero-order valence-electron chi connectivity index (χ0n) is 10.5. The SMILES string of the molecule is COC(C)(C)CC(=O)NCc1ccc(O)cc1. The molecule has 0 bridgehead atoms. The number of phenolic OH excluding ortho intramolecular Hbond substituents is 1. The van der Waals surface area contributed by atoms with Crippen LogP contribution in [0.1, 0.15) is 25.8 Å². The lowest BCUT2D eigenvalue weighted by molar-refractivity contribution is -0.126. The average Bonchev–Trinajstić information content (AvgIpc) is 2.28. The Morgan fingerprint density at radius 3 is 2.47 bits per heavy atom. The highest BCUT2D eigenvalue weighted by atomic mass is 16.5. The largest absolute Gasteiger partial charge is 0.508 e. The van der Waals surface area contributed by atoms with Crippen LogP contribution in [0.25, 0.3) is 0 Å². The highest BCUT2D eigenvalue weighted by Gasteiger charge is 2.20. The Morgan fingerprint density at radius 2 is 1.94 bits per heavy atom. The fourth-order valence-electron chi connectivity index (χ4n) is 1.34. The molecule has 1 aromatic carbocycles. The Kier molecular flexibility index (Phi) is 4.52. The van der Waals surface area contributed by atoms with E-state index in [1.54, 1.807) is 31.4 Å². The number of nitrogens with one attached hydrogen (secondary N) is 1. The summed E-state index contributed by atoms with van der Waals surface area (Å²) in [6, 6.07) is 6.75. The van der Waals surface area contributed by atoms with Crippen molar-refractivity contribution in [2.45, 2.75) is 32.4 Å². The molecule has 0 aliphatic heterocycles. The van der Waals surface area contributed by atoms with E-state index in [9.17, 15) is 4.79 Å². The lowest BCUT2D eigenvalue weighted by Gasteiger charge is -2.21. The molecule has 1 aromatic rings. The predicted octanol–water partition coefficient (Wildman–Crippen LogP) is 1.82. The molecule has 0 aromatic heterocycles. The van der Waals surface area contributed by atoms with Crippen LogP contribution in [0.15, 0.2) is 24.3 Å². The molecule has 0 radical (unpaired) electrons. The molecule has 1 amide bonds. The van der Waals surface area contributed by atoms with E-state index in [0.29, 0.717) is 13.0 Å². The number of phenols is 1. The Morgan fingerprint density at radius 1 is 1.35 bits per heavy atom. The van der Waals surface area contributed by atoms with Gasteiger partial charge in [-0.25, -0.2) is 0 Å². The molecule has 0 saturated carbocycles. The van der Waals surface area contributed by atoms with Gasteiger partial charge < -0.3 is 15.2 Å². The second-order valence-electron chi connectivity index (χ2n) is 4.58. The molecule has 0 fully saturated rings. The number of hydrogen-bond donors (Lipinski definition) is 2. The van der Waals surface area contributed by atoms with Gasteiger partial charge in [0.05, 0.1) is 12.0 Å². The van der Waals surface area contributed by atoms with Crippen LogP contribution in [0.2, 0.25) is 0 Å². The molecule has 0 heterocycles. The van der Waals surface area contributed by atoms with E-state index in [-0.39, 0.29) is 11.7 Å². The average molecular weight is 237 g/mol. The molecule has 94 valence electrons. The number of amides is 1. The number of aromatic hydroxyl groups is 1. The van der Waals surface area contributed by atoms with Crippen molar-refractivity contribution in [1.29, 1.82) is 0 Å². The molecular formula is C13H19NO3. The van der Waals surface area contributed by atoms with Gasteiger partial charge in [-0.15, -0.1) is 0 Å². The van der Waals surface area contributed by atoms with Gasteiger partial charge in [-0.05, 0) is 31.5 Å². The number of methoxy groups -OCH3 is 1. The zero-order chi connectivity index (χ0) is 12.9. The smallest absolute Gasteiger partial charge is 0.223 e. The summed E-state index contributed by atoms with van der Waals surface area (Å²) in [6.45, 7) is 4.19. The molecule has 0 aliphatic carbocycles. The normalized spacial score (nSPS) is 11.2. The van der Waals surface area contributed by atoms with Gasteiger partial charge in [-0.2, -0.15) is 0 Å². The summed E-state index contributed by atoms with van der Waals surface area (Å²) < 4.78 is 5.18. The molecule has 0 unspecified atom stereocenters. The summed E-state index contributed by atoms with van der Waals surface area (Å²) in [5.41, 5.74) is 0.505. The third-order valence-corrected chi connectivity index (χ3v) is 2.56. The van der Waals surface area contributed by atoms with Crippen molar-refractivity contribution in [2.75, 3.05) is 7.11 Å². The van der Waals surface area contributed by atoms with Gasteiger partial charge in [0.2, 0.25) is 5.91 Å². The minimum Gasteiger partial charge on any atom is -0.508 e. The molecule has 2 N–H and O–H groups in total. The summed E-state index contributed by atoms with van der Waals surface area (Å²) in [6.07, 6.45) is 0.321. The predicted molar refractivity (Wildman–Crippen MR) is 65.7 cm³/mol. The third-order valence-electron chi connectivity index (χ3n) is 2.56. The standard InChI is InChI=1S/C13H19NO3/c1-13(2,17-3)8-12(16)14-9-10-4-6-11(15)7-5-10/h4-7,15H,8-9H2,1-3H3,(H,14,16). The van der Waals surface area contributed by atoms with Crippen molar-refractivity contribution in [1.82, 2.24) is 5.32 Å². The topological polar surface area (TPSA) is 58.6 Å². The lowest BCUT2D eigenvalue weighted by atomic mass is 10.0. The molecule has 1 rings (SSSR count). The first-order valence-corrected chi connectivity index (χ1v) is 5.53. The molecule has 0 atom stereocenters. The number of hydrogen-bond acceptors (Lipinski definition) is 3. The van der Waals surface area contributed by atoms with Crippen LogP contribution in [0.4, 0.5) is 0 Å². The number of ether oxygens (including phenoxy) is 1. The summed E-state index contributed by atoms with van der Waals surface area (Å²) in [7, 11) is 1.59. The zero-order valence-corrected chi connectivity index (χ0v) is 10.5. The van der Waals surface area contributed by atoms with E-state index in [0.717, 1.165) is 5.56 Å². The fourth-order valence-corrected chi connectivity index (χ4v) is 1.34. The molecule has 0 aliphatic rings. The van der Waals surface area contributed by atoms with E-state index in [2.05, 4.69) is 5.32 Å². The second kappa shape index (κ2) is 5.68. The first kappa shape index (κ1) is 13.5. The van der Waals surface area contributed by atoms with E-state index >= 15 is 0 Å². The van der Waals surface area contributed by atoms with Crippen molar-refractivity contribution < 1.29 is 14.6 Å². The van der Waals surface area contributed by atoms with Crippen LogP contribution in [0, 0.1) is 0 Å².